The predicted octanol–water partition coefficient (Wildman–Crippen LogP) is 2.56. The minimum atomic E-state index is -0.304. The Labute approximate surface area is 126 Å². The number of thiophene rings is 1. The van der Waals surface area contributed by atoms with E-state index in [0.29, 0.717) is 21.0 Å². The number of nitrogens with one attached hydrogen (secondary N) is 2. The molecule has 1 aromatic carbocycles. The molecule has 2 amide bonds. The van der Waals surface area contributed by atoms with Crippen molar-refractivity contribution in [2.24, 2.45) is 0 Å². The lowest BCUT2D eigenvalue weighted by molar-refractivity contribution is 0.0960. The SMILES string of the molecule is CNC(=O)c1cccc(NC(=O)c2ccc(C(C)=O)s2)c1. The van der Waals surface area contributed by atoms with E-state index in [-0.39, 0.29) is 17.6 Å². The molecule has 108 valence electrons. The van der Waals surface area contributed by atoms with E-state index in [1.165, 1.54) is 6.92 Å². The molecule has 0 aliphatic heterocycles. The van der Waals surface area contributed by atoms with Crippen LogP contribution in [0.15, 0.2) is 36.4 Å². The molecule has 2 aromatic rings. The highest BCUT2D eigenvalue weighted by atomic mass is 32.1. The van der Waals surface area contributed by atoms with Crippen molar-refractivity contribution in [1.29, 1.82) is 0 Å². The molecule has 0 saturated carbocycles. The molecule has 0 saturated heterocycles. The van der Waals surface area contributed by atoms with Gasteiger partial charge < -0.3 is 10.6 Å². The maximum absolute atomic E-state index is 12.1. The summed E-state index contributed by atoms with van der Waals surface area (Å²) in [5, 5.41) is 5.23. The van der Waals surface area contributed by atoms with Gasteiger partial charge in [0.1, 0.15) is 0 Å². The average molecular weight is 302 g/mol. The number of carbonyl (C=O) groups is 3. The van der Waals surface area contributed by atoms with Gasteiger partial charge in [-0.1, -0.05) is 6.07 Å². The van der Waals surface area contributed by atoms with Crippen LogP contribution < -0.4 is 10.6 Å². The van der Waals surface area contributed by atoms with Gasteiger partial charge in [0.2, 0.25) is 0 Å². The van der Waals surface area contributed by atoms with E-state index >= 15 is 0 Å². The monoisotopic (exact) mass is 302 g/mol. The molecule has 0 bridgehead atoms. The quantitative estimate of drug-likeness (QED) is 0.852. The molecule has 0 unspecified atom stereocenters. The van der Waals surface area contributed by atoms with Crippen LogP contribution in [0, 0.1) is 0 Å². The third-order valence-corrected chi connectivity index (χ3v) is 3.97. The zero-order valence-electron chi connectivity index (χ0n) is 11.6. The maximum Gasteiger partial charge on any atom is 0.265 e. The summed E-state index contributed by atoms with van der Waals surface area (Å²) >= 11 is 1.14. The fourth-order valence-corrected chi connectivity index (χ4v) is 2.52. The Morgan fingerprint density at radius 3 is 2.33 bits per heavy atom. The van der Waals surface area contributed by atoms with E-state index < -0.39 is 0 Å². The molecule has 0 atom stereocenters. The van der Waals surface area contributed by atoms with Gasteiger partial charge in [-0.25, -0.2) is 0 Å². The highest BCUT2D eigenvalue weighted by Gasteiger charge is 2.12. The molecule has 2 N–H and O–H groups in total. The number of hydrogen-bond acceptors (Lipinski definition) is 4. The van der Waals surface area contributed by atoms with Gasteiger partial charge in [0.25, 0.3) is 11.8 Å². The van der Waals surface area contributed by atoms with Gasteiger partial charge in [-0.2, -0.15) is 0 Å². The second-order valence-electron chi connectivity index (χ2n) is 4.33. The van der Waals surface area contributed by atoms with Crippen molar-refractivity contribution in [3.8, 4) is 0 Å². The van der Waals surface area contributed by atoms with E-state index in [2.05, 4.69) is 10.6 Å². The van der Waals surface area contributed by atoms with Gasteiger partial charge >= 0.3 is 0 Å². The first-order valence-corrected chi connectivity index (χ1v) is 7.07. The van der Waals surface area contributed by atoms with Crippen LogP contribution in [0.1, 0.15) is 36.6 Å². The molecular formula is C15H14N2O3S. The van der Waals surface area contributed by atoms with E-state index in [9.17, 15) is 14.4 Å². The second-order valence-corrected chi connectivity index (χ2v) is 5.42. The van der Waals surface area contributed by atoms with Crippen LogP contribution in [0.3, 0.4) is 0 Å². The van der Waals surface area contributed by atoms with Crippen molar-refractivity contribution in [3.05, 3.63) is 51.7 Å². The van der Waals surface area contributed by atoms with Gasteiger partial charge in [-0.05, 0) is 37.3 Å². The number of ketones is 1. The van der Waals surface area contributed by atoms with E-state index in [1.54, 1.807) is 43.4 Å². The van der Waals surface area contributed by atoms with Crippen molar-refractivity contribution < 1.29 is 14.4 Å². The lowest BCUT2D eigenvalue weighted by atomic mass is 10.2. The molecule has 21 heavy (non-hydrogen) atoms. The zero-order valence-corrected chi connectivity index (χ0v) is 12.4. The molecule has 0 spiro atoms. The van der Waals surface area contributed by atoms with Crippen LogP contribution in [-0.2, 0) is 0 Å². The Kier molecular flexibility index (Phi) is 4.49. The highest BCUT2D eigenvalue weighted by Crippen LogP contribution is 2.19. The summed E-state index contributed by atoms with van der Waals surface area (Å²) in [6.07, 6.45) is 0. The van der Waals surface area contributed by atoms with Crippen LogP contribution >= 0.6 is 11.3 Å². The Bertz CT molecular complexity index is 706. The summed E-state index contributed by atoms with van der Waals surface area (Å²) in [4.78, 5) is 35.8. The Hall–Kier alpha value is -2.47. The molecular weight excluding hydrogens is 288 g/mol. The topological polar surface area (TPSA) is 75.3 Å². The van der Waals surface area contributed by atoms with Gasteiger partial charge in [0, 0.05) is 18.3 Å². The summed E-state index contributed by atoms with van der Waals surface area (Å²) in [5.41, 5.74) is 0.991. The molecule has 0 radical (unpaired) electrons. The summed E-state index contributed by atoms with van der Waals surface area (Å²) in [5.74, 6) is -0.594. The number of anilines is 1. The molecule has 0 aliphatic rings. The largest absolute Gasteiger partial charge is 0.355 e. The summed E-state index contributed by atoms with van der Waals surface area (Å²) in [7, 11) is 1.54. The first kappa shape index (κ1) is 14.9. The van der Waals surface area contributed by atoms with Crippen LogP contribution in [-0.4, -0.2) is 24.6 Å². The van der Waals surface area contributed by atoms with Crippen molar-refractivity contribution in [2.45, 2.75) is 6.92 Å². The summed E-state index contributed by atoms with van der Waals surface area (Å²) in [6.45, 7) is 1.46. The molecule has 5 nitrogen and oxygen atoms in total. The van der Waals surface area contributed by atoms with E-state index in [4.69, 9.17) is 0 Å². The van der Waals surface area contributed by atoms with Crippen LogP contribution in [0.2, 0.25) is 0 Å². The Morgan fingerprint density at radius 2 is 1.71 bits per heavy atom. The summed E-state index contributed by atoms with van der Waals surface area (Å²) in [6, 6.07) is 9.88. The molecule has 6 heteroatoms. The third-order valence-electron chi connectivity index (χ3n) is 2.79. The fourth-order valence-electron chi connectivity index (χ4n) is 1.72. The number of amides is 2. The van der Waals surface area contributed by atoms with Crippen molar-refractivity contribution in [1.82, 2.24) is 5.32 Å². The number of Topliss-reactive ketones (excluding diaryl/α,β-unsaturated/α-hetero) is 1. The first-order valence-electron chi connectivity index (χ1n) is 6.25. The fraction of sp³-hybridized carbons (Fsp3) is 0.133. The maximum atomic E-state index is 12.1. The number of hydrogen-bond donors (Lipinski definition) is 2. The van der Waals surface area contributed by atoms with Crippen molar-refractivity contribution in [2.75, 3.05) is 12.4 Å². The zero-order chi connectivity index (χ0) is 15.4. The molecule has 2 rings (SSSR count). The lowest BCUT2D eigenvalue weighted by Gasteiger charge is -2.05. The van der Waals surface area contributed by atoms with E-state index in [1.807, 2.05) is 0 Å². The van der Waals surface area contributed by atoms with Gasteiger partial charge in [0.05, 0.1) is 9.75 Å². The van der Waals surface area contributed by atoms with Gasteiger partial charge in [0.15, 0.2) is 5.78 Å². The smallest absolute Gasteiger partial charge is 0.265 e. The molecule has 0 aliphatic carbocycles. The number of benzene rings is 1. The normalized spacial score (nSPS) is 10.0. The van der Waals surface area contributed by atoms with Crippen LogP contribution in [0.4, 0.5) is 5.69 Å². The Balaban J connectivity index is 2.15. The van der Waals surface area contributed by atoms with Crippen molar-refractivity contribution >= 4 is 34.6 Å². The highest BCUT2D eigenvalue weighted by molar-refractivity contribution is 7.16. The minimum Gasteiger partial charge on any atom is -0.355 e. The summed E-state index contributed by atoms with van der Waals surface area (Å²) < 4.78 is 0. The Morgan fingerprint density at radius 1 is 1.00 bits per heavy atom. The van der Waals surface area contributed by atoms with Crippen LogP contribution in [0.25, 0.3) is 0 Å². The van der Waals surface area contributed by atoms with Crippen LogP contribution in [0.5, 0.6) is 0 Å². The van der Waals surface area contributed by atoms with Gasteiger partial charge in [-0.3, -0.25) is 14.4 Å². The molecule has 1 aromatic heterocycles. The molecule has 1 heterocycles. The second kappa shape index (κ2) is 6.32. The third kappa shape index (κ3) is 3.55. The van der Waals surface area contributed by atoms with Crippen molar-refractivity contribution in [3.63, 3.8) is 0 Å². The number of rotatable bonds is 4. The standard InChI is InChI=1S/C15H14N2O3S/c1-9(18)12-6-7-13(21-12)15(20)17-11-5-3-4-10(8-11)14(19)16-2/h3-8H,1-2H3,(H,16,19)(H,17,20). The predicted molar refractivity (Wildman–Crippen MR) is 82.1 cm³/mol. The van der Waals surface area contributed by atoms with E-state index in [0.717, 1.165) is 11.3 Å². The average Bonchev–Trinajstić information content (AvgIpc) is 2.97. The lowest BCUT2D eigenvalue weighted by Crippen LogP contribution is -2.18. The first-order chi connectivity index (χ1) is 10.0. The van der Waals surface area contributed by atoms with Gasteiger partial charge in [-0.15, -0.1) is 11.3 Å². The molecule has 0 fully saturated rings. The minimum absolute atomic E-state index is 0.0688. The number of carbonyl (C=O) groups excluding carboxylic acids is 3.